The molecule has 0 spiro atoms. The normalized spacial score (nSPS) is 25.4. The molecule has 3 saturated heterocycles. The molecular formula is C41H47F4N13O3. The Balaban J connectivity index is 0.783. The molecule has 7 heterocycles. The van der Waals surface area contributed by atoms with Crippen LogP contribution in [0.15, 0.2) is 42.9 Å². The summed E-state index contributed by atoms with van der Waals surface area (Å²) in [5, 5.41) is 30.2. The van der Waals surface area contributed by atoms with E-state index in [1.807, 2.05) is 18.2 Å². The molecule has 4 atom stereocenters. The third-order valence-electron chi connectivity index (χ3n) is 12.5. The highest BCUT2D eigenvalue weighted by Crippen LogP contribution is 2.37. The third-order valence-corrected chi connectivity index (χ3v) is 12.5. The number of likely N-dealkylation sites (tertiary alicyclic amines) is 1. The minimum atomic E-state index is -2.94. The van der Waals surface area contributed by atoms with Crippen LogP contribution >= 0.6 is 0 Å². The van der Waals surface area contributed by atoms with E-state index in [0.717, 1.165) is 42.5 Å². The Morgan fingerprint density at radius 3 is 2.62 bits per heavy atom. The Morgan fingerprint density at radius 2 is 1.87 bits per heavy atom. The molecule has 2 unspecified atom stereocenters. The number of amides is 3. The second-order valence-corrected chi connectivity index (χ2v) is 16.8. The minimum absolute atomic E-state index is 0.0443. The first kappa shape index (κ1) is 40.5. The fraction of sp³-hybridized carbons (Fsp3) is 0.512. The summed E-state index contributed by atoms with van der Waals surface area (Å²) in [7, 11) is 1.80. The molecule has 1 aliphatic carbocycles. The van der Waals surface area contributed by atoms with E-state index in [4.69, 9.17) is 5.41 Å². The number of carbonyl (C=O) groups excluding carboxylic acids is 3. The second kappa shape index (κ2) is 16.5. The maximum absolute atomic E-state index is 15.7. The van der Waals surface area contributed by atoms with Gasteiger partial charge in [0.1, 0.15) is 23.7 Å². The van der Waals surface area contributed by atoms with Gasteiger partial charge in [0.25, 0.3) is 12.3 Å². The number of imide groups is 1. The highest BCUT2D eigenvalue weighted by Gasteiger charge is 2.35. The average Bonchev–Trinajstić information content (AvgIpc) is 3.94. The Morgan fingerprint density at radius 1 is 1.05 bits per heavy atom. The Bertz CT molecular complexity index is 2490. The molecule has 16 nitrogen and oxygen atoms in total. The highest BCUT2D eigenvalue weighted by atomic mass is 19.3. The number of alkyl halides is 4. The number of halogens is 4. The van der Waals surface area contributed by atoms with Crippen LogP contribution in [0.4, 0.5) is 34.8 Å². The van der Waals surface area contributed by atoms with E-state index in [1.165, 1.54) is 21.6 Å². The van der Waals surface area contributed by atoms with E-state index in [9.17, 15) is 27.6 Å². The smallest absolute Gasteiger partial charge is 0.284 e. The predicted molar refractivity (Wildman–Crippen MR) is 218 cm³/mol. The van der Waals surface area contributed by atoms with Gasteiger partial charge < -0.3 is 25.8 Å². The summed E-state index contributed by atoms with van der Waals surface area (Å²) in [4.78, 5) is 46.0. The fourth-order valence-corrected chi connectivity index (χ4v) is 9.39. The summed E-state index contributed by atoms with van der Waals surface area (Å²) >= 11 is 0. The van der Waals surface area contributed by atoms with E-state index in [0.29, 0.717) is 43.1 Å². The molecule has 4 aliphatic rings. The quantitative estimate of drug-likeness (QED) is 0.106. The zero-order chi connectivity index (χ0) is 42.5. The van der Waals surface area contributed by atoms with Gasteiger partial charge in [-0.2, -0.15) is 15.3 Å². The lowest BCUT2D eigenvalue weighted by atomic mass is 9.85. The van der Waals surface area contributed by atoms with Gasteiger partial charge in [-0.15, -0.1) is 0 Å². The van der Waals surface area contributed by atoms with Crippen LogP contribution in [0, 0.1) is 11.3 Å². The van der Waals surface area contributed by atoms with Crippen molar-refractivity contribution >= 4 is 57.2 Å². The summed E-state index contributed by atoms with van der Waals surface area (Å²) in [6, 6.07) is 6.78. The van der Waals surface area contributed by atoms with Crippen LogP contribution in [0.3, 0.4) is 0 Å². The number of aromatic nitrogens is 7. The largest absolute Gasteiger partial charge is 0.379 e. The summed E-state index contributed by atoms with van der Waals surface area (Å²) in [6.45, 7) is 2.00. The van der Waals surface area contributed by atoms with Gasteiger partial charge in [0.2, 0.25) is 11.8 Å². The highest BCUT2D eigenvalue weighted by molar-refractivity contribution is 6.08. The lowest BCUT2D eigenvalue weighted by molar-refractivity contribution is -0.134. The lowest BCUT2D eigenvalue weighted by Crippen LogP contribution is -2.49. The van der Waals surface area contributed by atoms with Crippen molar-refractivity contribution in [3.05, 3.63) is 59.8 Å². The number of rotatable bonds is 10. The van der Waals surface area contributed by atoms with E-state index in [-0.39, 0.29) is 79.0 Å². The molecule has 0 bridgehead atoms. The number of nitrogens with zero attached hydrogens (tertiary/aromatic N) is 9. The van der Waals surface area contributed by atoms with Crippen molar-refractivity contribution < 1.29 is 31.9 Å². The Hall–Kier alpha value is -5.92. The van der Waals surface area contributed by atoms with Crippen molar-refractivity contribution in [1.29, 1.82) is 5.41 Å². The monoisotopic (exact) mass is 845 g/mol. The molecule has 1 aromatic carbocycles. The van der Waals surface area contributed by atoms with Crippen molar-refractivity contribution in [3.8, 4) is 0 Å². The number of fused-ring (bicyclic) bond motifs is 2. The van der Waals surface area contributed by atoms with Crippen LogP contribution in [0.5, 0.6) is 0 Å². The van der Waals surface area contributed by atoms with Crippen molar-refractivity contribution in [2.75, 3.05) is 48.3 Å². The lowest BCUT2D eigenvalue weighted by Gasteiger charge is -2.38. The number of benzene rings is 1. The van der Waals surface area contributed by atoms with Gasteiger partial charge in [-0.3, -0.25) is 29.1 Å². The molecule has 4 fully saturated rings. The molecule has 4 aromatic heterocycles. The summed E-state index contributed by atoms with van der Waals surface area (Å²) < 4.78 is 63.0. The van der Waals surface area contributed by atoms with Crippen molar-refractivity contribution in [3.63, 3.8) is 0 Å². The van der Waals surface area contributed by atoms with Gasteiger partial charge in [-0.1, -0.05) is 0 Å². The number of nitrogens with one attached hydrogen (secondary N) is 4. The van der Waals surface area contributed by atoms with Gasteiger partial charge in [0, 0.05) is 68.7 Å². The van der Waals surface area contributed by atoms with Gasteiger partial charge in [-0.25, -0.2) is 27.1 Å². The van der Waals surface area contributed by atoms with Crippen LogP contribution in [0.2, 0.25) is 0 Å². The molecule has 61 heavy (non-hydrogen) atoms. The first-order chi connectivity index (χ1) is 29.4. The third kappa shape index (κ3) is 8.28. The Kier molecular flexibility index (Phi) is 11.0. The van der Waals surface area contributed by atoms with Crippen molar-refractivity contribution in [2.24, 2.45) is 13.0 Å². The Labute approximate surface area is 347 Å². The van der Waals surface area contributed by atoms with E-state index in [1.54, 1.807) is 28.9 Å². The fourth-order valence-electron chi connectivity index (χ4n) is 9.39. The first-order valence-electron chi connectivity index (χ1n) is 20.8. The van der Waals surface area contributed by atoms with Crippen molar-refractivity contribution in [1.82, 2.24) is 44.4 Å². The molecule has 0 radical (unpaired) electrons. The molecule has 20 heteroatoms. The SMILES string of the molecule is Cn1nc(C2CCC(=O)NC2=O)c2ccc(NC3CCN(CC4CCC(n5cc(NC(=O)c6cnn7ccc(N8CC(=N)C[C@@H](F)C8)nc67)c(C(F)F)n5)CC4)C[C@@H]3F)cc21. The molecule has 322 valence electrons. The molecular weight excluding hydrogens is 799 g/mol. The first-order valence-corrected chi connectivity index (χ1v) is 20.8. The van der Waals surface area contributed by atoms with Crippen LogP contribution in [-0.4, -0.2) is 114 Å². The van der Waals surface area contributed by atoms with Crippen LogP contribution < -0.4 is 20.9 Å². The maximum atomic E-state index is 15.7. The van der Waals surface area contributed by atoms with Gasteiger partial charge in [-0.05, 0) is 68.7 Å². The summed E-state index contributed by atoms with van der Waals surface area (Å²) in [6.07, 6.45) is 3.40. The van der Waals surface area contributed by atoms with E-state index < -0.39 is 36.3 Å². The predicted octanol–water partition coefficient (Wildman–Crippen LogP) is 5.35. The second-order valence-electron chi connectivity index (χ2n) is 16.8. The van der Waals surface area contributed by atoms with Gasteiger partial charge >= 0.3 is 0 Å². The van der Waals surface area contributed by atoms with Crippen LogP contribution in [0.1, 0.15) is 91.5 Å². The number of hydrogen-bond acceptors (Lipinski definition) is 11. The summed E-state index contributed by atoms with van der Waals surface area (Å²) in [5.74, 6) is -1.14. The summed E-state index contributed by atoms with van der Waals surface area (Å²) in [5.41, 5.74) is 2.00. The minimum Gasteiger partial charge on any atom is -0.379 e. The topological polar surface area (TPSA) is 183 Å². The molecule has 4 N–H and O–H groups in total. The molecule has 5 aromatic rings. The van der Waals surface area contributed by atoms with Crippen LogP contribution in [0.25, 0.3) is 16.6 Å². The number of piperidine rings is 3. The average molecular weight is 846 g/mol. The zero-order valence-corrected chi connectivity index (χ0v) is 33.5. The molecule has 3 amide bonds. The molecule has 1 saturated carbocycles. The number of anilines is 3. The molecule has 9 rings (SSSR count). The van der Waals surface area contributed by atoms with E-state index >= 15 is 4.39 Å². The van der Waals surface area contributed by atoms with Crippen LogP contribution in [-0.2, 0) is 16.6 Å². The van der Waals surface area contributed by atoms with Crippen molar-refractivity contribution in [2.45, 2.75) is 88.1 Å². The van der Waals surface area contributed by atoms with Gasteiger partial charge in [0.15, 0.2) is 11.3 Å². The number of carbonyl (C=O) groups is 3. The maximum Gasteiger partial charge on any atom is 0.284 e. The number of aryl methyl sites for hydroxylation is 1. The molecule has 3 aliphatic heterocycles. The standard InChI is InChI=1S/C41H47F4N13O3/c1-54-33-15-25(4-7-27(33)36(52-54)28-8-9-35(59)51-40(28)60)48-31-10-12-55(20-30(31)43)17-22-2-5-26(6-3-22)58-21-32(37(53-58)38(44)45)49-41(61)29-16-47-57-13-11-34(50-39(29)57)56-18-23(42)14-24(46)19-56/h4,7,11,13,15-16,21-23,26,28,30-31,38,46,48H,2-3,5-6,8-10,12,14,17-20H2,1H3,(H,49,61)(H,51,59,60)/t22?,23-,26?,28?,30+,31?/m1/s1. The number of hydrogen-bond donors (Lipinski definition) is 4. The van der Waals surface area contributed by atoms with E-state index in [2.05, 4.69) is 41.1 Å². The van der Waals surface area contributed by atoms with Gasteiger partial charge in [0.05, 0.1) is 54.2 Å². The zero-order valence-electron chi connectivity index (χ0n) is 33.5.